The highest BCUT2D eigenvalue weighted by molar-refractivity contribution is 5.72. The molecular weight excluding hydrogens is 474 g/mol. The fourth-order valence-corrected chi connectivity index (χ4v) is 3.90. The molecule has 4 rings (SSSR count). The largest absolute Gasteiger partial charge is 0.456 e. The van der Waals surface area contributed by atoms with Crippen LogP contribution in [0.2, 0.25) is 0 Å². The summed E-state index contributed by atoms with van der Waals surface area (Å²) in [5.41, 5.74) is -0.561. The van der Waals surface area contributed by atoms with E-state index in [0.29, 0.717) is 13.2 Å². The number of hydrogen-bond donors (Lipinski definition) is 0. The summed E-state index contributed by atoms with van der Waals surface area (Å²) in [6.07, 6.45) is 0.287. The number of aromatic nitrogens is 4. The van der Waals surface area contributed by atoms with Crippen LogP contribution in [0, 0.1) is 11.6 Å². The molecule has 0 aliphatic carbocycles. The second-order valence-corrected chi connectivity index (χ2v) is 8.15. The Labute approximate surface area is 204 Å². The van der Waals surface area contributed by atoms with Crippen LogP contribution >= 0.6 is 0 Å². The van der Waals surface area contributed by atoms with E-state index in [0.717, 1.165) is 28.3 Å². The average molecular weight is 498 g/mol. The molecule has 1 atom stereocenters. The van der Waals surface area contributed by atoms with Crippen LogP contribution < -0.4 is 11.2 Å². The zero-order chi connectivity index (χ0) is 25.8. The molecule has 188 valence electrons. The summed E-state index contributed by atoms with van der Waals surface area (Å²) in [7, 11) is 1.52. The van der Waals surface area contributed by atoms with Crippen LogP contribution in [0.4, 0.5) is 8.78 Å². The molecule has 0 fully saturated rings. The normalized spacial score (nSPS) is 12.1. The van der Waals surface area contributed by atoms with Crippen LogP contribution in [0.1, 0.15) is 24.2 Å². The van der Waals surface area contributed by atoms with Gasteiger partial charge in [-0.05, 0) is 30.7 Å². The standard InChI is InChI=1S/C25H24F2N4O5/c1-16(19-12-18(26)8-9-20(19)27)36-21(32)14-31-24(33)22-23(28-15-29(22)10-11-35-2)30(25(31)34)13-17-6-4-3-5-7-17/h3-9,12,15-16H,10-11,13-14H2,1-2H3. The molecule has 9 nitrogen and oxygen atoms in total. The van der Waals surface area contributed by atoms with Crippen molar-refractivity contribution < 1.29 is 23.0 Å². The third-order valence-electron chi connectivity index (χ3n) is 5.69. The minimum atomic E-state index is -1.15. The lowest BCUT2D eigenvalue weighted by Crippen LogP contribution is -2.42. The van der Waals surface area contributed by atoms with Gasteiger partial charge < -0.3 is 14.0 Å². The fraction of sp³-hybridized carbons (Fsp3) is 0.280. The average Bonchev–Trinajstić information content (AvgIpc) is 3.29. The Morgan fingerprint density at radius 1 is 1.08 bits per heavy atom. The Hall–Kier alpha value is -4.12. The van der Waals surface area contributed by atoms with Gasteiger partial charge in [-0.3, -0.25) is 14.2 Å². The van der Waals surface area contributed by atoms with Crippen LogP contribution in [-0.4, -0.2) is 38.4 Å². The minimum absolute atomic E-state index is 0.109. The molecular formula is C25H24F2N4O5. The number of hydrogen-bond acceptors (Lipinski definition) is 6. The molecule has 11 heteroatoms. The number of carbonyl (C=O) groups excluding carboxylic acids is 1. The van der Waals surface area contributed by atoms with Crippen LogP contribution in [0.5, 0.6) is 0 Å². The highest BCUT2D eigenvalue weighted by Gasteiger charge is 2.22. The highest BCUT2D eigenvalue weighted by Crippen LogP contribution is 2.21. The summed E-state index contributed by atoms with van der Waals surface area (Å²) in [5, 5.41) is 0. The fourth-order valence-electron chi connectivity index (χ4n) is 3.90. The second-order valence-electron chi connectivity index (χ2n) is 8.15. The van der Waals surface area contributed by atoms with Gasteiger partial charge in [0.15, 0.2) is 11.2 Å². The van der Waals surface area contributed by atoms with Gasteiger partial charge in [-0.15, -0.1) is 0 Å². The summed E-state index contributed by atoms with van der Waals surface area (Å²) in [5.74, 6) is -2.40. The van der Waals surface area contributed by atoms with Crippen LogP contribution in [0.15, 0.2) is 64.4 Å². The van der Waals surface area contributed by atoms with Crippen molar-refractivity contribution in [1.29, 1.82) is 0 Å². The lowest BCUT2D eigenvalue weighted by molar-refractivity contribution is -0.149. The summed E-state index contributed by atoms with van der Waals surface area (Å²) in [6.45, 7) is 1.35. The van der Waals surface area contributed by atoms with Crippen molar-refractivity contribution in [2.24, 2.45) is 0 Å². The van der Waals surface area contributed by atoms with Crippen molar-refractivity contribution in [3.63, 3.8) is 0 Å². The number of ether oxygens (including phenoxy) is 2. The molecule has 0 bridgehead atoms. The predicted octanol–water partition coefficient (Wildman–Crippen LogP) is 2.64. The Morgan fingerprint density at radius 2 is 1.83 bits per heavy atom. The van der Waals surface area contributed by atoms with Crippen molar-refractivity contribution in [3.8, 4) is 0 Å². The maximum absolute atomic E-state index is 14.1. The van der Waals surface area contributed by atoms with Crippen LogP contribution in [0.25, 0.3) is 11.2 Å². The molecule has 2 aromatic heterocycles. The third-order valence-corrected chi connectivity index (χ3v) is 5.69. The van der Waals surface area contributed by atoms with E-state index in [1.165, 1.54) is 24.9 Å². The molecule has 0 aliphatic rings. The molecule has 4 aromatic rings. The summed E-state index contributed by atoms with van der Waals surface area (Å²) in [4.78, 5) is 43.7. The van der Waals surface area contributed by atoms with E-state index in [1.807, 2.05) is 30.3 Å². The van der Waals surface area contributed by atoms with Crippen molar-refractivity contribution >= 4 is 17.1 Å². The number of esters is 1. The number of imidazole rings is 1. The van der Waals surface area contributed by atoms with E-state index >= 15 is 0 Å². The lowest BCUT2D eigenvalue weighted by atomic mass is 10.1. The zero-order valence-electron chi connectivity index (χ0n) is 19.7. The SMILES string of the molecule is COCCn1cnc2c1c(=O)n(CC(=O)OC(C)c1cc(F)ccc1F)c(=O)n2Cc1ccccc1. The number of carbonyl (C=O) groups is 1. The molecule has 36 heavy (non-hydrogen) atoms. The first-order valence-corrected chi connectivity index (χ1v) is 11.2. The summed E-state index contributed by atoms with van der Waals surface area (Å²) in [6, 6.07) is 11.9. The first kappa shape index (κ1) is 25.0. The van der Waals surface area contributed by atoms with Crippen LogP contribution in [-0.2, 0) is 33.9 Å². The topological polar surface area (TPSA) is 97.4 Å². The van der Waals surface area contributed by atoms with Crippen molar-refractivity contribution in [2.45, 2.75) is 32.7 Å². The molecule has 0 radical (unpaired) electrons. The lowest BCUT2D eigenvalue weighted by Gasteiger charge is -2.16. The van der Waals surface area contributed by atoms with Crippen molar-refractivity contribution in [2.75, 3.05) is 13.7 Å². The number of fused-ring (bicyclic) bond motifs is 1. The molecule has 2 heterocycles. The maximum atomic E-state index is 14.1. The highest BCUT2D eigenvalue weighted by atomic mass is 19.1. The van der Waals surface area contributed by atoms with Gasteiger partial charge in [-0.25, -0.2) is 23.1 Å². The molecule has 1 unspecified atom stereocenters. The zero-order valence-corrected chi connectivity index (χ0v) is 19.7. The van der Waals surface area contributed by atoms with Gasteiger partial charge in [-0.2, -0.15) is 0 Å². The van der Waals surface area contributed by atoms with E-state index in [9.17, 15) is 23.2 Å². The second kappa shape index (κ2) is 10.6. The number of nitrogens with zero attached hydrogens (tertiary/aromatic N) is 4. The number of halogens is 2. The van der Waals surface area contributed by atoms with E-state index in [-0.39, 0.29) is 23.3 Å². The molecule has 0 N–H and O–H groups in total. The molecule has 0 aliphatic heterocycles. The van der Waals surface area contributed by atoms with Crippen molar-refractivity contribution in [3.05, 3.63) is 98.5 Å². The number of rotatable bonds is 9. The van der Waals surface area contributed by atoms with Gasteiger partial charge in [0, 0.05) is 19.2 Å². The molecule has 0 spiro atoms. The summed E-state index contributed by atoms with van der Waals surface area (Å²) < 4.78 is 41.6. The van der Waals surface area contributed by atoms with E-state index in [4.69, 9.17) is 9.47 Å². The van der Waals surface area contributed by atoms with E-state index < -0.39 is 41.5 Å². The Bertz CT molecular complexity index is 1510. The molecule has 2 aromatic carbocycles. The van der Waals surface area contributed by atoms with Gasteiger partial charge in [0.05, 0.1) is 19.5 Å². The number of benzene rings is 2. The minimum Gasteiger partial charge on any atom is -0.456 e. The molecule has 0 saturated carbocycles. The quantitative estimate of drug-likeness (QED) is 0.329. The number of methoxy groups -OCH3 is 1. The molecule has 0 saturated heterocycles. The smallest absolute Gasteiger partial charge is 0.333 e. The maximum Gasteiger partial charge on any atom is 0.333 e. The third kappa shape index (κ3) is 5.10. The first-order chi connectivity index (χ1) is 17.3. The van der Waals surface area contributed by atoms with E-state index in [2.05, 4.69) is 4.98 Å². The van der Waals surface area contributed by atoms with Crippen molar-refractivity contribution in [1.82, 2.24) is 18.7 Å². The Balaban J connectivity index is 1.72. The van der Waals surface area contributed by atoms with Gasteiger partial charge >= 0.3 is 11.7 Å². The van der Waals surface area contributed by atoms with Gasteiger partial charge in [-0.1, -0.05) is 30.3 Å². The Morgan fingerprint density at radius 3 is 2.56 bits per heavy atom. The summed E-state index contributed by atoms with van der Waals surface area (Å²) >= 11 is 0. The van der Waals surface area contributed by atoms with Crippen LogP contribution in [0.3, 0.4) is 0 Å². The van der Waals surface area contributed by atoms with E-state index in [1.54, 1.807) is 4.57 Å². The Kier molecular flexibility index (Phi) is 7.39. The predicted molar refractivity (Wildman–Crippen MR) is 127 cm³/mol. The van der Waals surface area contributed by atoms with Gasteiger partial charge in [0.25, 0.3) is 5.56 Å². The first-order valence-electron chi connectivity index (χ1n) is 11.2. The molecule has 0 amide bonds. The monoisotopic (exact) mass is 498 g/mol. The van der Waals surface area contributed by atoms with Gasteiger partial charge in [0.1, 0.15) is 24.3 Å². The van der Waals surface area contributed by atoms with Gasteiger partial charge in [0.2, 0.25) is 0 Å².